The zero-order valence-electron chi connectivity index (χ0n) is 13.2. The van der Waals surface area contributed by atoms with Gasteiger partial charge in [-0.3, -0.25) is 4.98 Å². The molecule has 120 valence electrons. The fourth-order valence-corrected chi connectivity index (χ4v) is 3.10. The van der Waals surface area contributed by atoms with Gasteiger partial charge in [0.1, 0.15) is 5.75 Å². The van der Waals surface area contributed by atoms with E-state index in [2.05, 4.69) is 32.4 Å². The lowest BCUT2D eigenvalue weighted by Crippen LogP contribution is -2.48. The van der Waals surface area contributed by atoms with Crippen LogP contribution in [0.5, 0.6) is 5.75 Å². The number of nitrogens with one attached hydrogen (secondary N) is 2. The van der Waals surface area contributed by atoms with Gasteiger partial charge in [0.25, 0.3) is 5.89 Å². The molecule has 2 N–H and O–H groups in total. The van der Waals surface area contributed by atoms with E-state index in [1.165, 1.54) is 0 Å². The summed E-state index contributed by atoms with van der Waals surface area (Å²) in [4.78, 5) is 7.42. The molecule has 7 heteroatoms. The molecule has 0 amide bonds. The first kappa shape index (κ1) is 14.2. The highest BCUT2D eigenvalue weighted by Crippen LogP contribution is 2.42. The Morgan fingerprint density at radius 1 is 1.43 bits per heavy atom. The van der Waals surface area contributed by atoms with Crippen molar-refractivity contribution in [2.75, 3.05) is 7.05 Å². The summed E-state index contributed by atoms with van der Waals surface area (Å²) in [7, 11) is 1.98. The molecule has 23 heavy (non-hydrogen) atoms. The van der Waals surface area contributed by atoms with Crippen LogP contribution in [0.4, 0.5) is 0 Å². The summed E-state index contributed by atoms with van der Waals surface area (Å²) < 4.78 is 11.5. The van der Waals surface area contributed by atoms with Crippen LogP contribution < -0.4 is 10.1 Å². The van der Waals surface area contributed by atoms with Gasteiger partial charge in [-0.25, -0.2) is 0 Å². The van der Waals surface area contributed by atoms with E-state index in [0.717, 1.165) is 23.9 Å². The smallest absolute Gasteiger partial charge is 0.253 e. The highest BCUT2D eigenvalue weighted by atomic mass is 16.5. The van der Waals surface area contributed by atoms with Crippen LogP contribution in [-0.4, -0.2) is 33.3 Å². The molecule has 0 spiro atoms. The first-order chi connectivity index (χ1) is 11.2. The summed E-state index contributed by atoms with van der Waals surface area (Å²) >= 11 is 0. The van der Waals surface area contributed by atoms with E-state index in [-0.39, 0.29) is 12.0 Å². The van der Waals surface area contributed by atoms with Gasteiger partial charge in [-0.1, -0.05) is 6.92 Å². The van der Waals surface area contributed by atoms with E-state index in [4.69, 9.17) is 9.15 Å². The van der Waals surface area contributed by atoms with Crippen LogP contribution in [-0.2, 0) is 12.0 Å². The van der Waals surface area contributed by atoms with Crippen LogP contribution >= 0.6 is 0 Å². The number of aromatic amines is 1. The zero-order chi connectivity index (χ0) is 15.9. The average Bonchev–Trinajstić information content (AvgIpc) is 3.18. The van der Waals surface area contributed by atoms with E-state index < -0.39 is 0 Å². The van der Waals surface area contributed by atoms with E-state index in [1.54, 1.807) is 6.20 Å². The second-order valence-electron chi connectivity index (χ2n) is 6.33. The van der Waals surface area contributed by atoms with Gasteiger partial charge in [0.15, 0.2) is 6.61 Å². The Morgan fingerprint density at radius 2 is 2.30 bits per heavy atom. The van der Waals surface area contributed by atoms with E-state index in [0.29, 0.717) is 23.6 Å². The minimum atomic E-state index is -0.0242. The second-order valence-corrected chi connectivity index (χ2v) is 6.33. The Balaban J connectivity index is 1.42. The third kappa shape index (κ3) is 2.57. The SMILES string of the molecule is CNC1CC(C)(c2nnc(COc3cnc4cc[nH]c4c3)o2)C1. The van der Waals surface area contributed by atoms with Crippen LogP contribution in [0.1, 0.15) is 31.5 Å². The molecule has 0 radical (unpaired) electrons. The number of fused-ring (bicyclic) bond motifs is 1. The molecule has 0 saturated heterocycles. The topological polar surface area (TPSA) is 88.9 Å². The summed E-state index contributed by atoms with van der Waals surface area (Å²) in [5.74, 6) is 1.85. The largest absolute Gasteiger partial charge is 0.482 e. The van der Waals surface area contributed by atoms with Gasteiger partial charge in [-0.15, -0.1) is 10.2 Å². The van der Waals surface area contributed by atoms with Crippen molar-refractivity contribution < 1.29 is 9.15 Å². The molecule has 0 bridgehead atoms. The molecule has 1 aliphatic rings. The van der Waals surface area contributed by atoms with Gasteiger partial charge in [0.2, 0.25) is 5.89 Å². The number of ether oxygens (including phenoxy) is 1. The monoisotopic (exact) mass is 313 g/mol. The van der Waals surface area contributed by atoms with Crippen molar-refractivity contribution in [3.05, 3.63) is 36.3 Å². The van der Waals surface area contributed by atoms with Crippen LogP contribution in [0.25, 0.3) is 11.0 Å². The second kappa shape index (κ2) is 5.34. The minimum absolute atomic E-state index is 0.0242. The minimum Gasteiger partial charge on any atom is -0.482 e. The highest BCUT2D eigenvalue weighted by Gasteiger charge is 2.45. The summed E-state index contributed by atoms with van der Waals surface area (Å²) in [5, 5.41) is 11.5. The third-order valence-electron chi connectivity index (χ3n) is 4.52. The molecular weight excluding hydrogens is 294 g/mol. The first-order valence-corrected chi connectivity index (χ1v) is 7.72. The van der Waals surface area contributed by atoms with Crippen LogP contribution in [0.2, 0.25) is 0 Å². The Bertz CT molecular complexity index is 819. The predicted octanol–water partition coefficient (Wildman–Crippen LogP) is 2.16. The van der Waals surface area contributed by atoms with Crippen LogP contribution in [0.3, 0.4) is 0 Å². The van der Waals surface area contributed by atoms with Gasteiger partial charge in [-0.05, 0) is 26.0 Å². The molecule has 1 aliphatic carbocycles. The zero-order valence-corrected chi connectivity index (χ0v) is 13.2. The summed E-state index contributed by atoms with van der Waals surface area (Å²) in [5.41, 5.74) is 1.83. The number of aromatic nitrogens is 4. The highest BCUT2D eigenvalue weighted by molar-refractivity contribution is 5.75. The maximum absolute atomic E-state index is 5.77. The molecule has 3 heterocycles. The third-order valence-corrected chi connectivity index (χ3v) is 4.52. The lowest BCUT2D eigenvalue weighted by Gasteiger charge is -2.42. The van der Waals surface area contributed by atoms with Gasteiger partial charge >= 0.3 is 0 Å². The van der Waals surface area contributed by atoms with Crippen molar-refractivity contribution in [2.45, 2.75) is 37.8 Å². The van der Waals surface area contributed by atoms with Crippen LogP contribution in [0, 0.1) is 0 Å². The van der Waals surface area contributed by atoms with Crippen molar-refractivity contribution in [3.63, 3.8) is 0 Å². The molecule has 3 aromatic heterocycles. The molecule has 0 aliphatic heterocycles. The molecule has 0 atom stereocenters. The van der Waals surface area contributed by atoms with Gasteiger partial charge in [0.05, 0.1) is 17.2 Å². The van der Waals surface area contributed by atoms with Crippen molar-refractivity contribution in [1.82, 2.24) is 25.5 Å². The molecule has 4 rings (SSSR count). The van der Waals surface area contributed by atoms with Crippen molar-refractivity contribution in [1.29, 1.82) is 0 Å². The van der Waals surface area contributed by atoms with Crippen molar-refractivity contribution in [2.24, 2.45) is 0 Å². The average molecular weight is 313 g/mol. The fourth-order valence-electron chi connectivity index (χ4n) is 3.10. The number of nitrogens with zero attached hydrogens (tertiary/aromatic N) is 3. The van der Waals surface area contributed by atoms with Gasteiger partial charge < -0.3 is 19.5 Å². The van der Waals surface area contributed by atoms with E-state index >= 15 is 0 Å². The fraction of sp³-hybridized carbons (Fsp3) is 0.438. The molecule has 7 nitrogen and oxygen atoms in total. The van der Waals surface area contributed by atoms with E-state index in [9.17, 15) is 0 Å². The number of hydrogen-bond donors (Lipinski definition) is 2. The number of pyridine rings is 1. The van der Waals surface area contributed by atoms with Crippen molar-refractivity contribution in [3.8, 4) is 5.75 Å². The van der Waals surface area contributed by atoms with Crippen molar-refractivity contribution >= 4 is 11.0 Å². The Hall–Kier alpha value is -2.41. The predicted molar refractivity (Wildman–Crippen MR) is 84.2 cm³/mol. The van der Waals surface area contributed by atoms with Gasteiger partial charge in [0, 0.05) is 23.7 Å². The Labute approximate surface area is 133 Å². The maximum Gasteiger partial charge on any atom is 0.253 e. The quantitative estimate of drug-likeness (QED) is 0.750. The molecular formula is C16H19N5O2. The van der Waals surface area contributed by atoms with Gasteiger partial charge in [-0.2, -0.15) is 0 Å². The summed E-state index contributed by atoms with van der Waals surface area (Å²) in [6.07, 6.45) is 5.57. The molecule has 1 saturated carbocycles. The standard InChI is InChI=1S/C16H19N5O2/c1-16(6-10(7-16)17-2)15-21-20-14(23-15)9-22-11-5-13-12(19-8-11)3-4-18-13/h3-5,8,10,17-18H,6-7,9H2,1-2H3. The normalized spacial score (nSPS) is 23.8. The molecule has 0 unspecified atom stereocenters. The molecule has 1 fully saturated rings. The lowest BCUT2D eigenvalue weighted by molar-refractivity contribution is 0.153. The Morgan fingerprint density at radius 3 is 3.13 bits per heavy atom. The number of hydrogen-bond acceptors (Lipinski definition) is 6. The Kier molecular flexibility index (Phi) is 3.30. The molecule has 0 aromatic carbocycles. The summed E-state index contributed by atoms with van der Waals surface area (Å²) in [6, 6.07) is 4.36. The summed E-state index contributed by atoms with van der Waals surface area (Å²) in [6.45, 7) is 2.40. The molecule has 3 aromatic rings. The number of rotatable bonds is 5. The lowest BCUT2D eigenvalue weighted by atomic mass is 9.67. The number of H-pyrrole nitrogens is 1. The van der Waals surface area contributed by atoms with E-state index in [1.807, 2.05) is 25.4 Å². The maximum atomic E-state index is 5.77. The van der Waals surface area contributed by atoms with Crippen LogP contribution in [0.15, 0.2) is 28.9 Å². The first-order valence-electron chi connectivity index (χ1n) is 7.72.